The van der Waals surface area contributed by atoms with Gasteiger partial charge in [-0.15, -0.1) is 0 Å². The lowest BCUT2D eigenvalue weighted by Crippen LogP contribution is -2.42. The Kier molecular flexibility index (Phi) is 4.96. The highest BCUT2D eigenvalue weighted by molar-refractivity contribution is 5.94. The van der Waals surface area contributed by atoms with E-state index < -0.39 is 11.7 Å². The number of nitrogens with two attached hydrogens (primary N) is 1. The Morgan fingerprint density at radius 3 is 2.82 bits per heavy atom. The van der Waals surface area contributed by atoms with E-state index in [9.17, 15) is 4.79 Å². The molecule has 1 aliphatic carbocycles. The van der Waals surface area contributed by atoms with Crippen molar-refractivity contribution in [1.29, 1.82) is 0 Å². The molecule has 0 radical (unpaired) electrons. The van der Waals surface area contributed by atoms with E-state index in [4.69, 9.17) is 10.5 Å². The van der Waals surface area contributed by atoms with E-state index in [1.807, 2.05) is 49.7 Å². The Morgan fingerprint density at radius 2 is 2.03 bits per heavy atom. The van der Waals surface area contributed by atoms with Crippen molar-refractivity contribution in [2.24, 2.45) is 0 Å². The summed E-state index contributed by atoms with van der Waals surface area (Å²) in [5, 5.41) is 8.63. The summed E-state index contributed by atoms with van der Waals surface area (Å²) in [4.78, 5) is 21.4. The summed E-state index contributed by atoms with van der Waals surface area (Å²) in [5.41, 5.74) is 11.8. The molecule has 1 amide bonds. The Balaban J connectivity index is 1.62. The van der Waals surface area contributed by atoms with Crippen molar-refractivity contribution in [3.63, 3.8) is 0 Å². The van der Waals surface area contributed by atoms with Crippen LogP contribution in [0, 0.1) is 0 Å². The van der Waals surface area contributed by atoms with E-state index in [1.165, 1.54) is 11.9 Å². The fraction of sp³-hybridized carbons (Fsp3) is 0.360. The maximum Gasteiger partial charge on any atom is 0.407 e. The second kappa shape index (κ2) is 7.72. The molecule has 1 aromatic carbocycles. The van der Waals surface area contributed by atoms with Crippen LogP contribution >= 0.6 is 0 Å². The molecule has 8 nitrogen and oxygen atoms in total. The highest BCUT2D eigenvalue weighted by Crippen LogP contribution is 2.44. The van der Waals surface area contributed by atoms with Crippen LogP contribution in [0.5, 0.6) is 0 Å². The molecule has 3 aromatic heterocycles. The number of nitrogen functional groups attached to an aromatic ring is 1. The minimum absolute atomic E-state index is 0.0702. The Labute approximate surface area is 192 Å². The van der Waals surface area contributed by atoms with Gasteiger partial charge in [0.2, 0.25) is 0 Å². The number of hydrogen-bond acceptors (Lipinski definition) is 6. The standard InChI is InChI=1S/C25H28N6O2/c1-14-9-17(30-24(32)33-25(2,3)4)11-19-20(14)21(22-23(26)28-13-29-31(19)22)16-10-15-7-5-6-8-18(15)27-12-16/h5-8,10,12-14,17H,9,11H2,1-4H3,(H,30,32)(H2,26,28,29). The van der Waals surface area contributed by atoms with E-state index in [0.29, 0.717) is 12.2 Å². The molecule has 170 valence electrons. The van der Waals surface area contributed by atoms with E-state index >= 15 is 0 Å². The third kappa shape index (κ3) is 3.86. The molecule has 3 heterocycles. The first-order valence-electron chi connectivity index (χ1n) is 11.2. The van der Waals surface area contributed by atoms with Crippen molar-refractivity contribution in [1.82, 2.24) is 24.9 Å². The second-order valence-corrected chi connectivity index (χ2v) is 9.74. The van der Waals surface area contributed by atoms with Crippen LogP contribution in [-0.4, -0.2) is 37.3 Å². The number of nitrogens with one attached hydrogen (secondary N) is 1. The van der Waals surface area contributed by atoms with Gasteiger partial charge in [0.15, 0.2) is 5.82 Å². The minimum atomic E-state index is -0.546. The zero-order valence-electron chi connectivity index (χ0n) is 19.3. The summed E-state index contributed by atoms with van der Waals surface area (Å²) in [6.45, 7) is 7.75. The molecular formula is C25H28N6O2. The summed E-state index contributed by atoms with van der Waals surface area (Å²) >= 11 is 0. The quantitative estimate of drug-likeness (QED) is 0.472. The summed E-state index contributed by atoms with van der Waals surface area (Å²) < 4.78 is 7.35. The first kappa shape index (κ1) is 21.2. The number of nitrogens with zero attached hydrogens (tertiary/aromatic N) is 4. The molecule has 8 heteroatoms. The van der Waals surface area contributed by atoms with E-state index in [2.05, 4.69) is 39.4 Å². The van der Waals surface area contributed by atoms with Gasteiger partial charge in [0.05, 0.1) is 5.52 Å². The number of pyridine rings is 1. The van der Waals surface area contributed by atoms with Gasteiger partial charge in [-0.05, 0) is 50.8 Å². The lowest BCUT2D eigenvalue weighted by molar-refractivity contribution is 0.0498. The van der Waals surface area contributed by atoms with Crippen molar-refractivity contribution in [3.05, 3.63) is 54.1 Å². The number of alkyl carbamates (subject to hydrolysis) is 1. The van der Waals surface area contributed by atoms with Crippen LogP contribution in [0.2, 0.25) is 0 Å². The molecule has 3 N–H and O–H groups in total. The zero-order chi connectivity index (χ0) is 23.3. The molecule has 0 saturated heterocycles. The fourth-order valence-corrected chi connectivity index (χ4v) is 4.86. The van der Waals surface area contributed by atoms with Gasteiger partial charge >= 0.3 is 6.09 Å². The third-order valence-corrected chi connectivity index (χ3v) is 6.06. The van der Waals surface area contributed by atoms with Gasteiger partial charge in [0.25, 0.3) is 0 Å². The molecule has 0 fully saturated rings. The van der Waals surface area contributed by atoms with Gasteiger partial charge in [0.1, 0.15) is 17.4 Å². The number of amides is 1. The van der Waals surface area contributed by atoms with Crippen molar-refractivity contribution in [3.8, 4) is 11.1 Å². The van der Waals surface area contributed by atoms with Gasteiger partial charge in [-0.3, -0.25) is 4.98 Å². The van der Waals surface area contributed by atoms with Gasteiger partial charge in [0, 0.05) is 40.9 Å². The van der Waals surface area contributed by atoms with Gasteiger partial charge in [-0.25, -0.2) is 14.3 Å². The smallest absolute Gasteiger partial charge is 0.407 e. The van der Waals surface area contributed by atoms with Crippen LogP contribution in [0.1, 0.15) is 51.3 Å². The number of fused-ring (bicyclic) bond motifs is 4. The Hall–Kier alpha value is -3.68. The predicted octanol–water partition coefficient (Wildman–Crippen LogP) is 4.47. The fourth-order valence-electron chi connectivity index (χ4n) is 4.86. The molecule has 0 bridgehead atoms. The second-order valence-electron chi connectivity index (χ2n) is 9.74. The average molecular weight is 445 g/mol. The molecule has 33 heavy (non-hydrogen) atoms. The largest absolute Gasteiger partial charge is 0.444 e. The molecule has 2 atom stereocenters. The van der Waals surface area contributed by atoms with Crippen LogP contribution in [0.4, 0.5) is 10.6 Å². The number of hydrogen-bond donors (Lipinski definition) is 2. The minimum Gasteiger partial charge on any atom is -0.444 e. The summed E-state index contributed by atoms with van der Waals surface area (Å²) in [5.74, 6) is 0.586. The number of para-hydroxylation sites is 1. The molecule has 0 aliphatic heterocycles. The monoisotopic (exact) mass is 444 g/mol. The van der Waals surface area contributed by atoms with Crippen molar-refractivity contribution < 1.29 is 9.53 Å². The van der Waals surface area contributed by atoms with E-state index in [1.54, 1.807) is 0 Å². The predicted molar refractivity (Wildman–Crippen MR) is 128 cm³/mol. The maximum absolute atomic E-state index is 12.4. The molecule has 5 rings (SSSR count). The van der Waals surface area contributed by atoms with Crippen LogP contribution in [0.3, 0.4) is 0 Å². The number of rotatable bonds is 2. The maximum atomic E-state index is 12.4. The van der Waals surface area contributed by atoms with Gasteiger partial charge in [-0.2, -0.15) is 5.10 Å². The van der Waals surface area contributed by atoms with E-state index in [-0.39, 0.29) is 12.0 Å². The zero-order valence-corrected chi connectivity index (χ0v) is 19.3. The number of ether oxygens (including phenoxy) is 1. The lowest BCUT2D eigenvalue weighted by Gasteiger charge is -2.30. The first-order valence-corrected chi connectivity index (χ1v) is 11.2. The summed E-state index contributed by atoms with van der Waals surface area (Å²) in [6, 6.07) is 10.1. The molecule has 1 aliphatic rings. The highest BCUT2D eigenvalue weighted by Gasteiger charge is 2.34. The van der Waals surface area contributed by atoms with Crippen LogP contribution in [0.25, 0.3) is 27.5 Å². The van der Waals surface area contributed by atoms with Crippen LogP contribution in [0.15, 0.2) is 42.9 Å². The molecular weight excluding hydrogens is 416 g/mol. The van der Waals surface area contributed by atoms with Gasteiger partial charge in [-0.1, -0.05) is 25.1 Å². The number of anilines is 1. The Morgan fingerprint density at radius 1 is 1.24 bits per heavy atom. The summed E-state index contributed by atoms with van der Waals surface area (Å²) in [6.07, 6.45) is 4.36. The highest BCUT2D eigenvalue weighted by atomic mass is 16.6. The normalized spacial score (nSPS) is 18.3. The summed E-state index contributed by atoms with van der Waals surface area (Å²) in [7, 11) is 0. The average Bonchev–Trinajstić information content (AvgIpc) is 3.08. The number of carbonyl (C=O) groups is 1. The van der Waals surface area contributed by atoms with Gasteiger partial charge < -0.3 is 15.8 Å². The number of benzene rings is 1. The molecule has 4 aromatic rings. The number of carbonyl (C=O) groups excluding carboxylic acids is 1. The SMILES string of the molecule is CC1CC(NC(=O)OC(C)(C)C)Cc2c1c(-c1cnc3ccccc3c1)c1c(N)ncnn21. The lowest BCUT2D eigenvalue weighted by atomic mass is 9.81. The van der Waals surface area contributed by atoms with E-state index in [0.717, 1.165) is 39.7 Å². The molecule has 0 spiro atoms. The van der Waals surface area contributed by atoms with Crippen LogP contribution < -0.4 is 11.1 Å². The molecule has 0 saturated carbocycles. The van der Waals surface area contributed by atoms with Crippen molar-refractivity contribution in [2.45, 2.75) is 58.1 Å². The first-order chi connectivity index (χ1) is 15.7. The van der Waals surface area contributed by atoms with Crippen molar-refractivity contribution in [2.75, 3.05) is 5.73 Å². The number of aromatic nitrogens is 4. The van der Waals surface area contributed by atoms with Crippen molar-refractivity contribution >= 4 is 28.3 Å². The Bertz CT molecular complexity index is 1370. The molecule has 2 unspecified atom stereocenters. The van der Waals surface area contributed by atoms with Crippen LogP contribution in [-0.2, 0) is 11.2 Å². The topological polar surface area (TPSA) is 107 Å². The third-order valence-electron chi connectivity index (χ3n) is 6.06.